The number of amides is 1. The molecule has 0 saturated carbocycles. The minimum absolute atomic E-state index is 0.179. The summed E-state index contributed by atoms with van der Waals surface area (Å²) in [6.45, 7) is 0.179. The fourth-order valence-corrected chi connectivity index (χ4v) is 3.18. The minimum atomic E-state index is -0.202. The standard InChI is InChI=1S/C22H16N4O/c23-13-16-9-11-17(12-10-16)14-24-25-22(27)15-26-20-7-3-1-5-18(20)19-6-2-4-8-21(19)26/h1-12,14H,15H2,(H,25,27)/b24-14-. The van der Waals surface area contributed by atoms with Crippen molar-refractivity contribution in [2.75, 3.05) is 0 Å². The van der Waals surface area contributed by atoms with Crippen molar-refractivity contribution >= 4 is 33.9 Å². The zero-order valence-corrected chi connectivity index (χ0v) is 14.5. The Morgan fingerprint density at radius 2 is 1.56 bits per heavy atom. The maximum atomic E-state index is 12.4. The molecule has 1 heterocycles. The van der Waals surface area contributed by atoms with E-state index in [2.05, 4.69) is 28.7 Å². The molecule has 1 aromatic heterocycles. The van der Waals surface area contributed by atoms with Gasteiger partial charge in [0.15, 0.2) is 0 Å². The van der Waals surface area contributed by atoms with E-state index in [0.717, 1.165) is 27.4 Å². The lowest BCUT2D eigenvalue weighted by atomic mass is 10.2. The lowest BCUT2D eigenvalue weighted by molar-refractivity contribution is -0.121. The van der Waals surface area contributed by atoms with Crippen molar-refractivity contribution in [1.29, 1.82) is 5.26 Å². The Bertz CT molecular complexity index is 1140. The lowest BCUT2D eigenvalue weighted by Crippen LogP contribution is -2.23. The zero-order chi connectivity index (χ0) is 18.6. The first kappa shape index (κ1) is 16.6. The molecule has 0 fully saturated rings. The summed E-state index contributed by atoms with van der Waals surface area (Å²) in [6.07, 6.45) is 1.56. The summed E-state index contributed by atoms with van der Waals surface area (Å²) in [4.78, 5) is 12.4. The van der Waals surface area contributed by atoms with Gasteiger partial charge in [-0.3, -0.25) is 4.79 Å². The molecule has 3 aromatic carbocycles. The highest BCUT2D eigenvalue weighted by Crippen LogP contribution is 2.28. The van der Waals surface area contributed by atoms with Gasteiger partial charge < -0.3 is 4.57 Å². The van der Waals surface area contributed by atoms with Crippen LogP contribution >= 0.6 is 0 Å². The van der Waals surface area contributed by atoms with Crippen molar-refractivity contribution in [3.8, 4) is 6.07 Å². The molecule has 4 rings (SSSR count). The number of hydrazone groups is 1. The maximum Gasteiger partial charge on any atom is 0.260 e. The Labute approximate surface area is 156 Å². The molecule has 0 radical (unpaired) electrons. The van der Waals surface area contributed by atoms with Gasteiger partial charge in [-0.15, -0.1) is 0 Å². The fraction of sp³-hybridized carbons (Fsp3) is 0.0455. The second kappa shape index (κ2) is 7.14. The Balaban J connectivity index is 1.54. The fourth-order valence-electron chi connectivity index (χ4n) is 3.18. The second-order valence-electron chi connectivity index (χ2n) is 6.15. The van der Waals surface area contributed by atoms with Gasteiger partial charge in [-0.2, -0.15) is 10.4 Å². The van der Waals surface area contributed by atoms with Crippen molar-refractivity contribution < 1.29 is 4.79 Å². The normalized spacial score (nSPS) is 11.1. The highest BCUT2D eigenvalue weighted by atomic mass is 16.2. The van der Waals surface area contributed by atoms with Crippen LogP contribution in [0.1, 0.15) is 11.1 Å². The van der Waals surface area contributed by atoms with E-state index in [1.807, 2.05) is 41.0 Å². The molecule has 5 nitrogen and oxygen atoms in total. The first-order valence-electron chi connectivity index (χ1n) is 8.54. The summed E-state index contributed by atoms with van der Waals surface area (Å²) in [5.41, 5.74) is 6.01. The van der Waals surface area contributed by atoms with Gasteiger partial charge in [0.05, 0.1) is 17.8 Å². The van der Waals surface area contributed by atoms with Gasteiger partial charge in [-0.1, -0.05) is 48.5 Å². The first-order chi connectivity index (χ1) is 13.3. The number of rotatable bonds is 4. The Morgan fingerprint density at radius 1 is 0.963 bits per heavy atom. The highest BCUT2D eigenvalue weighted by molar-refractivity contribution is 6.08. The number of para-hydroxylation sites is 2. The van der Waals surface area contributed by atoms with E-state index < -0.39 is 0 Å². The smallest absolute Gasteiger partial charge is 0.260 e. The van der Waals surface area contributed by atoms with Crippen molar-refractivity contribution in [3.05, 3.63) is 83.9 Å². The number of nitrogens with zero attached hydrogens (tertiary/aromatic N) is 3. The van der Waals surface area contributed by atoms with Crippen LogP contribution < -0.4 is 5.43 Å². The van der Waals surface area contributed by atoms with E-state index in [-0.39, 0.29) is 12.5 Å². The molecule has 0 aliphatic carbocycles. The Hall–Kier alpha value is -3.91. The molecule has 130 valence electrons. The number of hydrogen-bond donors (Lipinski definition) is 1. The van der Waals surface area contributed by atoms with Crippen LogP contribution in [-0.4, -0.2) is 16.7 Å². The summed E-state index contributed by atoms with van der Waals surface area (Å²) in [5.74, 6) is -0.202. The molecule has 0 aliphatic heterocycles. The van der Waals surface area contributed by atoms with Crippen LogP contribution in [-0.2, 0) is 11.3 Å². The first-order valence-corrected chi connectivity index (χ1v) is 8.54. The number of aromatic nitrogens is 1. The third-order valence-electron chi connectivity index (χ3n) is 4.42. The number of nitrogens with one attached hydrogen (secondary N) is 1. The van der Waals surface area contributed by atoms with Crippen LogP contribution in [0.2, 0.25) is 0 Å². The van der Waals surface area contributed by atoms with Crippen LogP contribution in [0, 0.1) is 11.3 Å². The largest absolute Gasteiger partial charge is 0.331 e. The van der Waals surface area contributed by atoms with Gasteiger partial charge in [-0.05, 0) is 29.8 Å². The van der Waals surface area contributed by atoms with Crippen LogP contribution in [0.4, 0.5) is 0 Å². The summed E-state index contributed by atoms with van der Waals surface area (Å²) in [7, 11) is 0. The number of hydrogen-bond acceptors (Lipinski definition) is 3. The van der Waals surface area contributed by atoms with Crippen molar-refractivity contribution in [3.63, 3.8) is 0 Å². The molecule has 1 amide bonds. The van der Waals surface area contributed by atoms with Gasteiger partial charge in [0.1, 0.15) is 6.54 Å². The predicted octanol–water partition coefficient (Wildman–Crippen LogP) is 3.82. The summed E-state index contributed by atoms with van der Waals surface area (Å²) in [5, 5.41) is 15.1. The van der Waals surface area contributed by atoms with E-state index in [4.69, 9.17) is 5.26 Å². The zero-order valence-electron chi connectivity index (χ0n) is 14.5. The topological polar surface area (TPSA) is 70.2 Å². The number of carbonyl (C=O) groups is 1. The average Bonchev–Trinajstić information content (AvgIpc) is 3.03. The minimum Gasteiger partial charge on any atom is -0.331 e. The molecule has 5 heteroatoms. The van der Waals surface area contributed by atoms with Gasteiger partial charge >= 0.3 is 0 Å². The van der Waals surface area contributed by atoms with Gasteiger partial charge in [-0.25, -0.2) is 5.43 Å². The molecule has 0 saturated heterocycles. The van der Waals surface area contributed by atoms with E-state index >= 15 is 0 Å². The Kier molecular flexibility index (Phi) is 4.38. The van der Waals surface area contributed by atoms with E-state index in [0.29, 0.717) is 5.56 Å². The van der Waals surface area contributed by atoms with Crippen LogP contribution in [0.15, 0.2) is 77.9 Å². The van der Waals surface area contributed by atoms with Gasteiger partial charge in [0.25, 0.3) is 5.91 Å². The second-order valence-corrected chi connectivity index (χ2v) is 6.15. The van der Waals surface area contributed by atoms with Crippen molar-refractivity contribution in [1.82, 2.24) is 9.99 Å². The number of carbonyl (C=O) groups excluding carboxylic acids is 1. The van der Waals surface area contributed by atoms with E-state index in [9.17, 15) is 4.79 Å². The summed E-state index contributed by atoms with van der Waals surface area (Å²) < 4.78 is 2.00. The van der Waals surface area contributed by atoms with Crippen molar-refractivity contribution in [2.45, 2.75) is 6.54 Å². The van der Waals surface area contributed by atoms with E-state index in [1.54, 1.807) is 30.5 Å². The summed E-state index contributed by atoms with van der Waals surface area (Å²) >= 11 is 0. The number of nitriles is 1. The van der Waals surface area contributed by atoms with E-state index in [1.165, 1.54) is 0 Å². The lowest BCUT2D eigenvalue weighted by Gasteiger charge is -2.06. The van der Waals surface area contributed by atoms with Crippen molar-refractivity contribution in [2.24, 2.45) is 5.10 Å². The monoisotopic (exact) mass is 352 g/mol. The Morgan fingerprint density at radius 3 is 2.15 bits per heavy atom. The highest BCUT2D eigenvalue weighted by Gasteiger charge is 2.12. The van der Waals surface area contributed by atoms with Gasteiger partial charge in [0.2, 0.25) is 0 Å². The molecule has 27 heavy (non-hydrogen) atoms. The maximum absolute atomic E-state index is 12.4. The summed E-state index contributed by atoms with van der Waals surface area (Å²) in [6, 6.07) is 25.1. The molecule has 0 unspecified atom stereocenters. The van der Waals surface area contributed by atoms with Crippen LogP contribution in [0.5, 0.6) is 0 Å². The van der Waals surface area contributed by atoms with Gasteiger partial charge in [0, 0.05) is 21.8 Å². The van der Waals surface area contributed by atoms with Crippen LogP contribution in [0.3, 0.4) is 0 Å². The quantitative estimate of drug-likeness (QED) is 0.448. The molecule has 4 aromatic rings. The molecule has 0 atom stereocenters. The molecule has 0 bridgehead atoms. The third kappa shape index (κ3) is 3.29. The van der Waals surface area contributed by atoms with Crippen LogP contribution in [0.25, 0.3) is 21.8 Å². The number of benzene rings is 3. The molecule has 0 spiro atoms. The molecule has 1 N–H and O–H groups in total. The third-order valence-corrected chi connectivity index (χ3v) is 4.42. The molecular formula is C22H16N4O. The average molecular weight is 352 g/mol. The molecule has 0 aliphatic rings. The molecular weight excluding hydrogens is 336 g/mol. The predicted molar refractivity (Wildman–Crippen MR) is 106 cm³/mol. The number of fused-ring (bicyclic) bond motifs is 3. The SMILES string of the molecule is N#Cc1ccc(/C=N\NC(=O)Cn2c3ccccc3c3ccccc32)cc1.